The molecule has 1 N–H and O–H groups in total. The van der Waals surface area contributed by atoms with E-state index in [-0.39, 0.29) is 29.8 Å². The van der Waals surface area contributed by atoms with Gasteiger partial charge >= 0.3 is 0 Å². The van der Waals surface area contributed by atoms with Crippen LogP contribution < -0.4 is 10.3 Å². The minimum absolute atomic E-state index is 0.0394. The van der Waals surface area contributed by atoms with Gasteiger partial charge in [0.25, 0.3) is 5.69 Å². The van der Waals surface area contributed by atoms with Crippen LogP contribution in [-0.2, 0) is 26.2 Å². The maximum atomic E-state index is 14.4. The molecule has 3 aliphatic carbocycles. The maximum Gasteiger partial charge on any atom is 0.269 e. The molecule has 0 unspecified atom stereocenters. The third-order valence-electron chi connectivity index (χ3n) is 8.95. The molecular weight excluding hydrogens is 544 g/mol. The monoisotopic (exact) mass is 570 g/mol. The van der Waals surface area contributed by atoms with E-state index < -0.39 is 28.1 Å². The predicted molar refractivity (Wildman–Crippen MR) is 160 cm³/mol. The number of non-ortho nitro benzene ring substituents is 1. The molecule has 1 aliphatic heterocycles. The van der Waals surface area contributed by atoms with Crippen molar-refractivity contribution in [1.82, 2.24) is 5.43 Å². The summed E-state index contributed by atoms with van der Waals surface area (Å²) < 4.78 is 0. The number of carbonyl (C=O) groups excluding carboxylic acids is 3. The molecule has 1 fully saturated rings. The average molecular weight is 571 g/mol. The molecule has 0 aromatic heterocycles. The Morgan fingerprint density at radius 1 is 0.907 bits per heavy atom. The molecule has 9 heteroatoms. The van der Waals surface area contributed by atoms with Crippen LogP contribution >= 0.6 is 0 Å². The van der Waals surface area contributed by atoms with Crippen molar-refractivity contribution in [2.24, 2.45) is 16.9 Å². The lowest BCUT2D eigenvalue weighted by Gasteiger charge is -2.52. The highest BCUT2D eigenvalue weighted by atomic mass is 16.6. The molecule has 1 heterocycles. The van der Waals surface area contributed by atoms with Crippen molar-refractivity contribution in [3.8, 4) is 0 Å². The molecule has 2 bridgehead atoms. The van der Waals surface area contributed by atoms with Gasteiger partial charge in [-0.25, -0.2) is 10.3 Å². The van der Waals surface area contributed by atoms with Gasteiger partial charge in [-0.05, 0) is 46.9 Å². The van der Waals surface area contributed by atoms with Gasteiger partial charge in [-0.3, -0.25) is 24.5 Å². The number of carbonyl (C=O) groups is 3. The van der Waals surface area contributed by atoms with E-state index >= 15 is 0 Å². The fourth-order valence-electron chi connectivity index (χ4n) is 7.16. The van der Waals surface area contributed by atoms with Crippen LogP contribution in [0.1, 0.15) is 39.3 Å². The normalized spacial score (nSPS) is 23.2. The summed E-state index contributed by atoms with van der Waals surface area (Å²) in [6.45, 7) is 1.95. The second kappa shape index (κ2) is 9.84. The number of amides is 3. The molecule has 0 spiro atoms. The molecule has 9 nitrogen and oxygen atoms in total. The minimum Gasteiger partial charge on any atom is -0.274 e. The molecule has 3 amide bonds. The van der Waals surface area contributed by atoms with E-state index in [0.717, 1.165) is 27.8 Å². The lowest BCUT2D eigenvalue weighted by molar-refractivity contribution is -0.384. The number of benzene rings is 4. The van der Waals surface area contributed by atoms with Crippen molar-refractivity contribution in [1.29, 1.82) is 0 Å². The third-order valence-corrected chi connectivity index (χ3v) is 8.95. The number of nitrogens with zero attached hydrogens (tertiary/aromatic N) is 3. The van der Waals surface area contributed by atoms with E-state index in [2.05, 4.69) is 10.5 Å². The summed E-state index contributed by atoms with van der Waals surface area (Å²) in [5, 5.41) is 15.4. The smallest absolute Gasteiger partial charge is 0.269 e. The topological polar surface area (TPSA) is 122 Å². The Bertz CT molecular complexity index is 1800. The van der Waals surface area contributed by atoms with Gasteiger partial charge in [-0.15, -0.1) is 0 Å². The molecular formula is C34H26N4O5. The predicted octanol–water partition coefficient (Wildman–Crippen LogP) is 4.80. The molecule has 0 radical (unpaired) electrons. The molecule has 212 valence electrons. The average Bonchev–Trinajstić information content (AvgIpc) is 3.28. The van der Waals surface area contributed by atoms with E-state index in [1.807, 2.05) is 67.6 Å². The van der Waals surface area contributed by atoms with Gasteiger partial charge in [-0.2, -0.15) is 5.10 Å². The van der Waals surface area contributed by atoms with Crippen molar-refractivity contribution in [2.45, 2.75) is 24.7 Å². The van der Waals surface area contributed by atoms with Gasteiger partial charge < -0.3 is 0 Å². The number of anilines is 1. The van der Waals surface area contributed by atoms with E-state index in [1.54, 1.807) is 18.3 Å². The second-order valence-electron chi connectivity index (χ2n) is 11.3. The third kappa shape index (κ3) is 3.92. The first-order valence-electron chi connectivity index (χ1n) is 14.0. The van der Waals surface area contributed by atoms with Gasteiger partial charge in [0.15, 0.2) is 0 Å². The Kier molecular flexibility index (Phi) is 6.05. The van der Waals surface area contributed by atoms with E-state index in [9.17, 15) is 24.5 Å². The highest BCUT2D eigenvalue weighted by molar-refractivity contribution is 6.25. The molecule has 4 aromatic carbocycles. The van der Waals surface area contributed by atoms with Gasteiger partial charge in [0.2, 0.25) is 17.7 Å². The fourth-order valence-corrected chi connectivity index (χ4v) is 7.16. The number of imide groups is 1. The number of rotatable bonds is 6. The first-order chi connectivity index (χ1) is 20.8. The minimum atomic E-state index is -1.10. The highest BCUT2D eigenvalue weighted by Crippen LogP contribution is 2.63. The second-order valence-corrected chi connectivity index (χ2v) is 11.3. The Morgan fingerprint density at radius 3 is 2.12 bits per heavy atom. The largest absolute Gasteiger partial charge is 0.274 e. The zero-order valence-electron chi connectivity index (χ0n) is 23.1. The van der Waals surface area contributed by atoms with Crippen LogP contribution in [0.3, 0.4) is 0 Å². The summed E-state index contributed by atoms with van der Waals surface area (Å²) in [6.07, 6.45) is 1.58. The molecule has 43 heavy (non-hydrogen) atoms. The van der Waals surface area contributed by atoms with Gasteiger partial charge in [-0.1, -0.05) is 78.4 Å². The molecule has 4 aliphatic rings. The summed E-state index contributed by atoms with van der Waals surface area (Å²) >= 11 is 0. The summed E-state index contributed by atoms with van der Waals surface area (Å²) in [6, 6.07) is 28.8. The fraction of sp³-hybridized carbons (Fsp3) is 0.176. The highest BCUT2D eigenvalue weighted by Gasteiger charge is 2.68. The van der Waals surface area contributed by atoms with Crippen molar-refractivity contribution < 1.29 is 19.3 Å². The SMILES string of the molecule is Cc1ccc(N2C(=O)[C@@H]3[C@@H](C2=O)C2c4ccccc4C3(/C=N\NC(=O)Cc3ccc([N+](=O)[O-])cc3)c3ccccc32)cc1. The Labute approximate surface area is 247 Å². The number of hydrogen-bond acceptors (Lipinski definition) is 6. The summed E-state index contributed by atoms with van der Waals surface area (Å²) in [5.74, 6) is -2.65. The van der Waals surface area contributed by atoms with Crippen LogP contribution in [0.25, 0.3) is 0 Å². The zero-order chi connectivity index (χ0) is 29.9. The summed E-state index contributed by atoms with van der Waals surface area (Å²) in [5.41, 5.74) is 7.31. The van der Waals surface area contributed by atoms with Crippen LogP contribution in [0, 0.1) is 28.9 Å². The standard InChI is InChI=1S/C34H26N4O5/c1-20-10-14-22(15-11-20)37-32(40)30-29-24-6-2-4-8-26(24)34(31(30)33(37)41,27-9-5-3-7-25(27)29)19-35-36-28(39)18-21-12-16-23(17-13-21)38(42)43/h2-17,19,29-31H,18H2,1H3,(H,36,39)/b35-19-/t29?,30-,31-,34?/m0/s1. The van der Waals surface area contributed by atoms with Crippen LogP contribution in [-0.4, -0.2) is 28.9 Å². The van der Waals surface area contributed by atoms with Crippen LogP contribution in [0.5, 0.6) is 0 Å². The van der Waals surface area contributed by atoms with E-state index in [1.165, 1.54) is 29.2 Å². The van der Waals surface area contributed by atoms with E-state index in [0.29, 0.717) is 11.3 Å². The first kappa shape index (κ1) is 26.5. The zero-order valence-corrected chi connectivity index (χ0v) is 23.1. The number of hydrogen-bond donors (Lipinski definition) is 1. The lowest BCUT2D eigenvalue weighted by atomic mass is 9.47. The quantitative estimate of drug-likeness (QED) is 0.155. The summed E-state index contributed by atoms with van der Waals surface area (Å²) in [4.78, 5) is 53.2. The Hall–Kier alpha value is -5.44. The number of nitro groups is 1. The molecule has 8 rings (SSSR count). The van der Waals surface area contributed by atoms with Crippen molar-refractivity contribution >= 4 is 35.3 Å². The lowest BCUT2D eigenvalue weighted by Crippen LogP contribution is -2.54. The summed E-state index contributed by atoms with van der Waals surface area (Å²) in [7, 11) is 0. The van der Waals surface area contributed by atoms with Gasteiger partial charge in [0, 0.05) is 24.3 Å². The van der Waals surface area contributed by atoms with Gasteiger partial charge in [0.1, 0.15) is 0 Å². The van der Waals surface area contributed by atoms with Crippen LogP contribution in [0.15, 0.2) is 102 Å². The maximum absolute atomic E-state index is 14.4. The van der Waals surface area contributed by atoms with Gasteiger partial charge in [0.05, 0.1) is 34.3 Å². The van der Waals surface area contributed by atoms with Crippen LogP contribution in [0.4, 0.5) is 11.4 Å². The molecule has 4 aromatic rings. The first-order valence-corrected chi connectivity index (χ1v) is 14.0. The van der Waals surface area contributed by atoms with Crippen LogP contribution in [0.2, 0.25) is 0 Å². The molecule has 2 atom stereocenters. The number of nitro benzene ring substituents is 1. The van der Waals surface area contributed by atoms with Crippen molar-refractivity contribution in [2.75, 3.05) is 4.90 Å². The molecule has 1 saturated heterocycles. The van der Waals surface area contributed by atoms with Crippen molar-refractivity contribution in [3.05, 3.63) is 141 Å². The number of hydrazone groups is 1. The Morgan fingerprint density at radius 2 is 1.51 bits per heavy atom. The Balaban J connectivity index is 1.30. The number of aryl methyl sites for hydroxylation is 1. The number of nitrogens with one attached hydrogen (secondary N) is 1. The van der Waals surface area contributed by atoms with E-state index in [4.69, 9.17) is 0 Å². The molecule has 0 saturated carbocycles. The van der Waals surface area contributed by atoms with Crippen molar-refractivity contribution in [3.63, 3.8) is 0 Å².